The number of rotatable bonds is 6. The van der Waals surface area contributed by atoms with Crippen LogP contribution in [0.5, 0.6) is 0 Å². The highest BCUT2D eigenvalue weighted by Gasteiger charge is 2.26. The molecule has 1 aromatic carbocycles. The van der Waals surface area contributed by atoms with Crippen molar-refractivity contribution in [2.45, 2.75) is 45.3 Å². The lowest BCUT2D eigenvalue weighted by Crippen LogP contribution is -2.42. The van der Waals surface area contributed by atoms with Crippen molar-refractivity contribution in [2.24, 2.45) is 0 Å². The lowest BCUT2D eigenvalue weighted by molar-refractivity contribution is -0.155. The molecule has 138 valence electrons. The summed E-state index contributed by atoms with van der Waals surface area (Å²) in [5, 5.41) is 2.24. The van der Waals surface area contributed by atoms with Crippen molar-refractivity contribution in [1.82, 2.24) is 5.32 Å². The topological polar surface area (TPSA) is 81.7 Å². The summed E-state index contributed by atoms with van der Waals surface area (Å²) >= 11 is 0. The molecule has 0 saturated heterocycles. The summed E-state index contributed by atoms with van der Waals surface area (Å²) in [6.45, 7) is 5.07. The monoisotopic (exact) mass is 357 g/mol. The van der Waals surface area contributed by atoms with Gasteiger partial charge in [0.25, 0.3) is 5.91 Å². The summed E-state index contributed by atoms with van der Waals surface area (Å²) in [7, 11) is 1.11. The number of ether oxygens (including phenoxy) is 2. The van der Waals surface area contributed by atoms with Crippen LogP contribution in [0.15, 0.2) is 18.2 Å². The second kappa shape index (κ2) is 8.55. The summed E-state index contributed by atoms with van der Waals surface area (Å²) in [6, 6.07) is 1.91. The zero-order valence-electron chi connectivity index (χ0n) is 14.5. The van der Waals surface area contributed by atoms with Crippen molar-refractivity contribution < 1.29 is 32.6 Å². The highest BCUT2D eigenvalue weighted by molar-refractivity contribution is 5.97. The maximum absolute atomic E-state index is 13.7. The maximum Gasteiger partial charge on any atom is 0.328 e. The molecule has 0 spiro atoms. The molecule has 0 aliphatic rings. The number of halogens is 2. The predicted octanol–water partition coefficient (Wildman–Crippen LogP) is 2.36. The van der Waals surface area contributed by atoms with E-state index in [2.05, 4.69) is 10.1 Å². The zero-order chi connectivity index (χ0) is 19.2. The Morgan fingerprint density at radius 3 is 2.40 bits per heavy atom. The van der Waals surface area contributed by atoms with Gasteiger partial charge in [-0.1, -0.05) is 6.07 Å². The van der Waals surface area contributed by atoms with Crippen molar-refractivity contribution in [3.63, 3.8) is 0 Å². The Kier molecular flexibility index (Phi) is 7.02. The van der Waals surface area contributed by atoms with Crippen molar-refractivity contribution in [3.8, 4) is 0 Å². The summed E-state index contributed by atoms with van der Waals surface area (Å²) in [5.74, 6) is -4.87. The average molecular weight is 357 g/mol. The number of amides is 1. The van der Waals surface area contributed by atoms with E-state index < -0.39 is 46.7 Å². The number of benzene rings is 1. The first-order valence-corrected chi connectivity index (χ1v) is 7.59. The molecule has 1 amide bonds. The van der Waals surface area contributed by atoms with E-state index in [9.17, 15) is 23.2 Å². The Morgan fingerprint density at radius 2 is 1.84 bits per heavy atom. The Labute approximate surface area is 144 Å². The lowest BCUT2D eigenvalue weighted by Gasteiger charge is -2.21. The lowest BCUT2D eigenvalue weighted by atomic mass is 10.1. The van der Waals surface area contributed by atoms with Gasteiger partial charge in [0, 0.05) is 6.42 Å². The van der Waals surface area contributed by atoms with Crippen LogP contribution in [0.3, 0.4) is 0 Å². The van der Waals surface area contributed by atoms with E-state index in [1.54, 1.807) is 20.8 Å². The minimum Gasteiger partial charge on any atom is -0.467 e. The van der Waals surface area contributed by atoms with Gasteiger partial charge in [0.05, 0.1) is 12.7 Å². The summed E-state index contributed by atoms with van der Waals surface area (Å²) in [6.07, 6.45) is -0.271. The van der Waals surface area contributed by atoms with E-state index >= 15 is 0 Å². The minimum atomic E-state index is -1.32. The van der Waals surface area contributed by atoms with Crippen LogP contribution in [-0.2, 0) is 19.1 Å². The van der Waals surface area contributed by atoms with Gasteiger partial charge in [0.2, 0.25) is 0 Å². The second-order valence-corrected chi connectivity index (χ2v) is 6.28. The van der Waals surface area contributed by atoms with Crippen LogP contribution in [-0.4, -0.2) is 36.6 Å². The Hall–Kier alpha value is -2.51. The third kappa shape index (κ3) is 6.48. The van der Waals surface area contributed by atoms with Gasteiger partial charge in [-0.15, -0.1) is 0 Å². The first-order chi connectivity index (χ1) is 11.5. The van der Waals surface area contributed by atoms with Gasteiger partial charge in [-0.3, -0.25) is 9.59 Å². The fourth-order valence-corrected chi connectivity index (χ4v) is 1.96. The highest BCUT2D eigenvalue weighted by Crippen LogP contribution is 2.13. The van der Waals surface area contributed by atoms with Crippen LogP contribution in [0.25, 0.3) is 0 Å². The summed E-state index contributed by atoms with van der Waals surface area (Å²) in [5.41, 5.74) is -1.24. The number of methoxy groups -OCH3 is 1. The Bertz CT molecular complexity index is 655. The fourth-order valence-electron chi connectivity index (χ4n) is 1.96. The van der Waals surface area contributed by atoms with Gasteiger partial charge in [-0.2, -0.15) is 0 Å². The summed E-state index contributed by atoms with van der Waals surface area (Å²) < 4.78 is 36.5. The van der Waals surface area contributed by atoms with E-state index in [1.807, 2.05) is 0 Å². The predicted molar refractivity (Wildman–Crippen MR) is 84.7 cm³/mol. The fraction of sp³-hybridized carbons (Fsp3) is 0.471. The number of esters is 2. The number of hydrogen-bond acceptors (Lipinski definition) is 5. The highest BCUT2D eigenvalue weighted by atomic mass is 19.2. The van der Waals surface area contributed by atoms with Crippen LogP contribution in [0.1, 0.15) is 44.0 Å². The SMILES string of the molecule is COC(=O)[C@H](CCC(=O)OC(C)(C)C)NC(=O)c1cccc(F)c1F. The number of hydrogen-bond donors (Lipinski definition) is 1. The second-order valence-electron chi connectivity index (χ2n) is 6.28. The van der Waals surface area contributed by atoms with Crippen LogP contribution in [0.4, 0.5) is 8.78 Å². The van der Waals surface area contributed by atoms with E-state index in [4.69, 9.17) is 4.74 Å². The normalized spacial score (nSPS) is 12.2. The number of nitrogens with one attached hydrogen (secondary N) is 1. The third-order valence-corrected chi connectivity index (χ3v) is 3.04. The van der Waals surface area contributed by atoms with Crippen molar-refractivity contribution in [3.05, 3.63) is 35.4 Å². The van der Waals surface area contributed by atoms with Crippen LogP contribution < -0.4 is 5.32 Å². The molecule has 8 heteroatoms. The van der Waals surface area contributed by atoms with Crippen LogP contribution in [0, 0.1) is 11.6 Å². The molecular weight excluding hydrogens is 336 g/mol. The maximum atomic E-state index is 13.7. The van der Waals surface area contributed by atoms with Gasteiger partial charge in [-0.05, 0) is 39.3 Å². The molecule has 0 fully saturated rings. The first kappa shape index (κ1) is 20.5. The Morgan fingerprint density at radius 1 is 1.20 bits per heavy atom. The zero-order valence-corrected chi connectivity index (χ0v) is 14.5. The molecule has 0 radical (unpaired) electrons. The van der Waals surface area contributed by atoms with Crippen molar-refractivity contribution >= 4 is 17.8 Å². The molecule has 0 aliphatic heterocycles. The molecule has 1 N–H and O–H groups in total. The molecule has 0 unspecified atom stereocenters. The number of carbonyl (C=O) groups excluding carboxylic acids is 3. The minimum absolute atomic E-state index is 0.107. The molecule has 0 aliphatic carbocycles. The molecule has 25 heavy (non-hydrogen) atoms. The molecule has 0 heterocycles. The van der Waals surface area contributed by atoms with E-state index in [-0.39, 0.29) is 12.8 Å². The number of carbonyl (C=O) groups is 3. The average Bonchev–Trinajstić information content (AvgIpc) is 2.51. The van der Waals surface area contributed by atoms with Gasteiger partial charge in [0.15, 0.2) is 11.6 Å². The van der Waals surface area contributed by atoms with Crippen LogP contribution in [0.2, 0.25) is 0 Å². The van der Waals surface area contributed by atoms with E-state index in [1.165, 1.54) is 6.07 Å². The van der Waals surface area contributed by atoms with E-state index in [0.29, 0.717) is 0 Å². The van der Waals surface area contributed by atoms with Gasteiger partial charge < -0.3 is 14.8 Å². The van der Waals surface area contributed by atoms with Gasteiger partial charge in [0.1, 0.15) is 11.6 Å². The molecule has 0 bridgehead atoms. The van der Waals surface area contributed by atoms with Gasteiger partial charge in [-0.25, -0.2) is 13.6 Å². The van der Waals surface area contributed by atoms with Crippen molar-refractivity contribution in [1.29, 1.82) is 0 Å². The molecule has 1 atom stereocenters. The third-order valence-electron chi connectivity index (χ3n) is 3.04. The van der Waals surface area contributed by atoms with Crippen LogP contribution >= 0.6 is 0 Å². The molecule has 0 saturated carbocycles. The Balaban J connectivity index is 2.79. The smallest absolute Gasteiger partial charge is 0.328 e. The quantitative estimate of drug-likeness (QED) is 0.791. The van der Waals surface area contributed by atoms with E-state index in [0.717, 1.165) is 19.2 Å². The molecule has 6 nitrogen and oxygen atoms in total. The molecule has 0 aromatic heterocycles. The first-order valence-electron chi connectivity index (χ1n) is 7.59. The standard InChI is InChI=1S/C17H21F2NO5/c1-17(2,3)25-13(21)9-8-12(16(23)24-4)20-15(22)10-6-5-7-11(18)14(10)19/h5-7,12H,8-9H2,1-4H3,(H,20,22)/t12-/m0/s1. The molecule has 1 aromatic rings. The van der Waals surface area contributed by atoms with Gasteiger partial charge >= 0.3 is 11.9 Å². The van der Waals surface area contributed by atoms with Crippen molar-refractivity contribution in [2.75, 3.05) is 7.11 Å². The largest absolute Gasteiger partial charge is 0.467 e. The molecule has 1 rings (SSSR count). The summed E-state index contributed by atoms with van der Waals surface area (Å²) in [4.78, 5) is 35.6. The molecular formula is C17H21F2NO5.